The van der Waals surface area contributed by atoms with Crippen LogP contribution in [-0.4, -0.2) is 10.9 Å². The van der Waals surface area contributed by atoms with Crippen LogP contribution in [-0.2, 0) is 11.2 Å². The van der Waals surface area contributed by atoms with Crippen molar-refractivity contribution in [1.29, 1.82) is 0 Å². The van der Waals surface area contributed by atoms with Gasteiger partial charge in [-0.3, -0.25) is 4.79 Å². The lowest BCUT2D eigenvalue weighted by molar-refractivity contribution is -0.115. The number of benzene rings is 2. The zero-order valence-electron chi connectivity index (χ0n) is 10.8. The second-order valence-electron chi connectivity index (χ2n) is 4.45. The van der Waals surface area contributed by atoms with Gasteiger partial charge in [-0.2, -0.15) is 0 Å². The Labute approximate surface area is 139 Å². The molecule has 0 aliphatic carbocycles. The van der Waals surface area contributed by atoms with Gasteiger partial charge in [0.15, 0.2) is 5.13 Å². The largest absolute Gasteiger partial charge is 0.302 e. The van der Waals surface area contributed by atoms with Gasteiger partial charge in [0.2, 0.25) is 5.91 Å². The maximum atomic E-state index is 12.1. The Morgan fingerprint density at radius 2 is 2.10 bits per heavy atom. The van der Waals surface area contributed by atoms with Crippen molar-refractivity contribution in [3.05, 3.63) is 57.5 Å². The molecule has 3 rings (SSSR count). The molecule has 0 atom stereocenters. The van der Waals surface area contributed by atoms with Gasteiger partial charge in [0, 0.05) is 9.50 Å². The van der Waals surface area contributed by atoms with Crippen molar-refractivity contribution >= 4 is 60.1 Å². The van der Waals surface area contributed by atoms with E-state index in [9.17, 15) is 4.79 Å². The summed E-state index contributed by atoms with van der Waals surface area (Å²) in [4.78, 5) is 16.5. The number of amides is 1. The fraction of sp³-hybridized carbons (Fsp3) is 0.0667. The van der Waals surface area contributed by atoms with Crippen LogP contribution in [0.3, 0.4) is 0 Å². The Morgan fingerprint density at radius 3 is 2.90 bits per heavy atom. The van der Waals surface area contributed by atoms with Crippen LogP contribution in [0.4, 0.5) is 5.13 Å². The second kappa shape index (κ2) is 6.13. The number of carbonyl (C=O) groups is 1. The Hall–Kier alpha value is -1.43. The van der Waals surface area contributed by atoms with Gasteiger partial charge in [-0.25, -0.2) is 4.98 Å². The zero-order valence-corrected chi connectivity index (χ0v) is 13.9. The first-order valence-corrected chi connectivity index (χ1v) is 8.20. The molecule has 106 valence electrons. The summed E-state index contributed by atoms with van der Waals surface area (Å²) in [7, 11) is 0. The fourth-order valence-electron chi connectivity index (χ4n) is 1.93. The van der Waals surface area contributed by atoms with Crippen LogP contribution in [0.2, 0.25) is 5.02 Å². The predicted octanol–water partition coefficient (Wildman–Crippen LogP) is 4.89. The number of thiazole rings is 1. The van der Waals surface area contributed by atoms with Gasteiger partial charge in [-0.1, -0.05) is 57.1 Å². The van der Waals surface area contributed by atoms with E-state index in [1.165, 1.54) is 11.3 Å². The number of carbonyl (C=O) groups excluding carboxylic acids is 1. The summed E-state index contributed by atoms with van der Waals surface area (Å²) >= 11 is 10.9. The standard InChI is InChI=1S/C15H10BrClN2OS/c16-10-5-6-12-13(8-10)21-15(18-12)19-14(20)7-9-3-1-2-4-11(9)17/h1-6,8H,7H2,(H,18,19,20). The first-order valence-electron chi connectivity index (χ1n) is 6.21. The van der Waals surface area contributed by atoms with Crippen molar-refractivity contribution in [3.63, 3.8) is 0 Å². The topological polar surface area (TPSA) is 42.0 Å². The smallest absolute Gasteiger partial charge is 0.230 e. The Morgan fingerprint density at radius 1 is 1.29 bits per heavy atom. The van der Waals surface area contributed by atoms with Crippen molar-refractivity contribution in [3.8, 4) is 0 Å². The maximum absolute atomic E-state index is 12.1. The highest BCUT2D eigenvalue weighted by Crippen LogP contribution is 2.28. The van der Waals surface area contributed by atoms with Crippen molar-refractivity contribution in [2.75, 3.05) is 5.32 Å². The van der Waals surface area contributed by atoms with Gasteiger partial charge in [-0.05, 0) is 29.8 Å². The summed E-state index contributed by atoms with van der Waals surface area (Å²) in [6.45, 7) is 0. The van der Waals surface area contributed by atoms with Crippen molar-refractivity contribution in [2.45, 2.75) is 6.42 Å². The summed E-state index contributed by atoms with van der Waals surface area (Å²) < 4.78 is 2.02. The predicted molar refractivity (Wildman–Crippen MR) is 91.1 cm³/mol. The molecular weight excluding hydrogens is 372 g/mol. The number of halogens is 2. The van der Waals surface area contributed by atoms with E-state index in [1.54, 1.807) is 6.07 Å². The van der Waals surface area contributed by atoms with Gasteiger partial charge in [-0.15, -0.1) is 0 Å². The third kappa shape index (κ3) is 3.43. The minimum absolute atomic E-state index is 0.124. The molecule has 6 heteroatoms. The molecular formula is C15H10BrClN2OS. The average molecular weight is 382 g/mol. The fourth-order valence-corrected chi connectivity index (χ4v) is 3.57. The number of rotatable bonds is 3. The van der Waals surface area contributed by atoms with Crippen LogP contribution in [0.5, 0.6) is 0 Å². The van der Waals surface area contributed by atoms with Crippen LogP contribution < -0.4 is 5.32 Å². The molecule has 0 saturated heterocycles. The molecule has 21 heavy (non-hydrogen) atoms. The van der Waals surface area contributed by atoms with E-state index in [0.717, 1.165) is 20.3 Å². The average Bonchev–Trinajstić information content (AvgIpc) is 2.82. The van der Waals surface area contributed by atoms with E-state index < -0.39 is 0 Å². The van der Waals surface area contributed by atoms with Gasteiger partial charge in [0.05, 0.1) is 16.6 Å². The van der Waals surface area contributed by atoms with E-state index in [-0.39, 0.29) is 12.3 Å². The molecule has 0 aliphatic rings. The SMILES string of the molecule is O=C(Cc1ccccc1Cl)Nc1nc2ccc(Br)cc2s1. The quantitative estimate of drug-likeness (QED) is 0.701. The van der Waals surface area contributed by atoms with Crippen LogP contribution in [0.25, 0.3) is 10.2 Å². The lowest BCUT2D eigenvalue weighted by Crippen LogP contribution is -2.14. The molecule has 3 nitrogen and oxygen atoms in total. The highest BCUT2D eigenvalue weighted by molar-refractivity contribution is 9.10. The first-order chi connectivity index (χ1) is 10.1. The summed E-state index contributed by atoms with van der Waals surface area (Å²) in [6.07, 6.45) is 0.235. The minimum atomic E-state index is -0.124. The molecule has 0 saturated carbocycles. The normalized spacial score (nSPS) is 10.8. The molecule has 2 aromatic carbocycles. The monoisotopic (exact) mass is 380 g/mol. The number of nitrogens with zero attached hydrogens (tertiary/aromatic N) is 1. The van der Waals surface area contributed by atoms with Gasteiger partial charge in [0.1, 0.15) is 0 Å². The van der Waals surface area contributed by atoms with Crippen LogP contribution in [0.15, 0.2) is 46.9 Å². The van der Waals surface area contributed by atoms with E-state index >= 15 is 0 Å². The van der Waals surface area contributed by atoms with Crippen molar-refractivity contribution in [2.24, 2.45) is 0 Å². The highest BCUT2D eigenvalue weighted by atomic mass is 79.9. The van der Waals surface area contributed by atoms with E-state index in [2.05, 4.69) is 26.2 Å². The van der Waals surface area contributed by atoms with Gasteiger partial charge >= 0.3 is 0 Å². The van der Waals surface area contributed by atoms with E-state index in [1.807, 2.05) is 36.4 Å². The van der Waals surface area contributed by atoms with Gasteiger partial charge < -0.3 is 5.32 Å². The molecule has 0 radical (unpaired) electrons. The number of anilines is 1. The summed E-state index contributed by atoms with van der Waals surface area (Å²) in [5.41, 5.74) is 1.68. The number of fused-ring (bicyclic) bond motifs is 1. The zero-order chi connectivity index (χ0) is 14.8. The molecule has 1 aromatic heterocycles. The Bertz CT molecular complexity index is 818. The minimum Gasteiger partial charge on any atom is -0.302 e. The third-order valence-electron chi connectivity index (χ3n) is 2.91. The number of hydrogen-bond donors (Lipinski definition) is 1. The molecule has 0 unspecified atom stereocenters. The number of hydrogen-bond acceptors (Lipinski definition) is 3. The number of nitrogens with one attached hydrogen (secondary N) is 1. The first kappa shape index (κ1) is 14.5. The molecule has 0 aliphatic heterocycles. The maximum Gasteiger partial charge on any atom is 0.230 e. The molecule has 1 amide bonds. The Balaban J connectivity index is 1.75. The van der Waals surface area contributed by atoms with Crippen LogP contribution in [0.1, 0.15) is 5.56 Å². The lowest BCUT2D eigenvalue weighted by Gasteiger charge is -2.03. The molecule has 0 spiro atoms. The second-order valence-corrected chi connectivity index (χ2v) is 6.80. The number of aromatic nitrogens is 1. The van der Waals surface area contributed by atoms with Crippen molar-refractivity contribution < 1.29 is 4.79 Å². The molecule has 0 bridgehead atoms. The molecule has 0 fully saturated rings. The van der Waals surface area contributed by atoms with Crippen molar-refractivity contribution in [1.82, 2.24) is 4.98 Å². The molecule has 1 heterocycles. The van der Waals surface area contributed by atoms with E-state index in [4.69, 9.17) is 11.6 Å². The van der Waals surface area contributed by atoms with E-state index in [0.29, 0.717) is 10.2 Å². The lowest BCUT2D eigenvalue weighted by atomic mass is 10.1. The Kier molecular flexibility index (Phi) is 4.24. The third-order valence-corrected chi connectivity index (χ3v) is 4.70. The highest BCUT2D eigenvalue weighted by Gasteiger charge is 2.10. The molecule has 3 aromatic rings. The van der Waals surface area contributed by atoms with Gasteiger partial charge in [0.25, 0.3) is 0 Å². The molecule has 1 N–H and O–H groups in total. The summed E-state index contributed by atoms with van der Waals surface area (Å²) in [5, 5.41) is 4.02. The van der Waals surface area contributed by atoms with Crippen LogP contribution >= 0.6 is 38.9 Å². The van der Waals surface area contributed by atoms with Crippen LogP contribution in [0, 0.1) is 0 Å². The summed E-state index contributed by atoms with van der Waals surface area (Å²) in [5.74, 6) is -0.124. The summed E-state index contributed by atoms with van der Waals surface area (Å²) in [6, 6.07) is 13.2.